The van der Waals surface area contributed by atoms with Gasteiger partial charge >= 0.3 is 0 Å². The summed E-state index contributed by atoms with van der Waals surface area (Å²) in [5, 5.41) is 0. The van der Waals surface area contributed by atoms with Crippen molar-refractivity contribution < 1.29 is 14.3 Å². The molecular formula is C14H20O3. The van der Waals surface area contributed by atoms with Crippen LogP contribution in [0, 0.1) is 13.8 Å². The van der Waals surface area contributed by atoms with Crippen LogP contribution in [-0.4, -0.2) is 25.6 Å². The molecule has 0 bridgehead atoms. The Labute approximate surface area is 103 Å². The van der Waals surface area contributed by atoms with Crippen LogP contribution >= 0.6 is 0 Å². The molecule has 0 aliphatic carbocycles. The monoisotopic (exact) mass is 236 g/mol. The number of aryl methyl sites for hydroxylation is 1. The number of methoxy groups -OCH3 is 2. The zero-order valence-electron chi connectivity index (χ0n) is 11.4. The van der Waals surface area contributed by atoms with Crippen molar-refractivity contribution in [1.29, 1.82) is 0 Å². The molecule has 0 amide bonds. The van der Waals surface area contributed by atoms with Crippen LogP contribution in [0.15, 0.2) is 12.1 Å². The Bertz CT molecular complexity index is 433. The third-order valence-electron chi connectivity index (χ3n) is 3.18. The van der Waals surface area contributed by atoms with E-state index in [0.717, 1.165) is 11.1 Å². The predicted octanol–water partition coefficient (Wildman–Crippen LogP) is 2.92. The van der Waals surface area contributed by atoms with Crippen LogP contribution < -0.4 is 4.74 Å². The lowest BCUT2D eigenvalue weighted by atomic mass is 9.93. The summed E-state index contributed by atoms with van der Waals surface area (Å²) in [5.41, 5.74) is 1.83. The second kappa shape index (κ2) is 4.88. The minimum absolute atomic E-state index is 0.0695. The molecule has 0 N–H and O–H groups in total. The molecule has 1 rings (SSSR count). The molecule has 0 spiro atoms. The Hall–Kier alpha value is -1.35. The molecule has 3 nitrogen and oxygen atoms in total. The fraction of sp³-hybridized carbons (Fsp3) is 0.500. The average Bonchev–Trinajstić information content (AvgIpc) is 2.31. The smallest absolute Gasteiger partial charge is 0.197 e. The van der Waals surface area contributed by atoms with Gasteiger partial charge in [0.1, 0.15) is 11.4 Å². The van der Waals surface area contributed by atoms with E-state index in [1.165, 1.54) is 7.11 Å². The van der Waals surface area contributed by atoms with Crippen LogP contribution in [-0.2, 0) is 4.74 Å². The highest BCUT2D eigenvalue weighted by Crippen LogP contribution is 2.29. The van der Waals surface area contributed by atoms with Crippen LogP contribution in [0.3, 0.4) is 0 Å². The van der Waals surface area contributed by atoms with Crippen molar-refractivity contribution in [2.75, 3.05) is 14.2 Å². The Morgan fingerprint density at radius 3 is 2.24 bits per heavy atom. The third-order valence-corrected chi connectivity index (χ3v) is 3.18. The van der Waals surface area contributed by atoms with Crippen molar-refractivity contribution in [1.82, 2.24) is 0 Å². The van der Waals surface area contributed by atoms with E-state index < -0.39 is 5.60 Å². The number of benzene rings is 1. The van der Waals surface area contributed by atoms with E-state index >= 15 is 0 Å². The maximum atomic E-state index is 12.3. The molecule has 1 aromatic carbocycles. The topological polar surface area (TPSA) is 35.5 Å². The summed E-state index contributed by atoms with van der Waals surface area (Å²) in [7, 11) is 3.11. The van der Waals surface area contributed by atoms with Gasteiger partial charge in [0.05, 0.1) is 12.7 Å². The van der Waals surface area contributed by atoms with Gasteiger partial charge in [-0.1, -0.05) is 6.07 Å². The van der Waals surface area contributed by atoms with Crippen molar-refractivity contribution >= 4 is 5.78 Å². The van der Waals surface area contributed by atoms with E-state index in [1.807, 2.05) is 19.9 Å². The summed E-state index contributed by atoms with van der Waals surface area (Å²) in [6.45, 7) is 7.45. The largest absolute Gasteiger partial charge is 0.496 e. The highest BCUT2D eigenvalue weighted by Gasteiger charge is 2.30. The number of ether oxygens (including phenoxy) is 2. The molecule has 0 saturated carbocycles. The molecule has 1 aromatic rings. The van der Waals surface area contributed by atoms with Crippen LogP contribution in [0.2, 0.25) is 0 Å². The van der Waals surface area contributed by atoms with Crippen molar-refractivity contribution in [3.05, 3.63) is 28.8 Å². The Kier molecular flexibility index (Phi) is 3.94. The Balaban J connectivity index is 3.33. The molecule has 0 atom stereocenters. The van der Waals surface area contributed by atoms with Gasteiger partial charge in [-0.3, -0.25) is 4.79 Å². The van der Waals surface area contributed by atoms with E-state index in [4.69, 9.17) is 9.47 Å². The van der Waals surface area contributed by atoms with Gasteiger partial charge < -0.3 is 9.47 Å². The maximum absolute atomic E-state index is 12.3. The molecule has 0 aliphatic heterocycles. The second-order valence-corrected chi connectivity index (χ2v) is 4.63. The summed E-state index contributed by atoms with van der Waals surface area (Å²) in [6.07, 6.45) is 0. The molecule has 17 heavy (non-hydrogen) atoms. The van der Waals surface area contributed by atoms with Gasteiger partial charge in [-0.2, -0.15) is 0 Å². The van der Waals surface area contributed by atoms with E-state index in [-0.39, 0.29) is 5.78 Å². The van der Waals surface area contributed by atoms with Crippen LogP contribution in [0.1, 0.15) is 35.3 Å². The average molecular weight is 236 g/mol. The Morgan fingerprint density at radius 2 is 1.76 bits per heavy atom. The minimum Gasteiger partial charge on any atom is -0.496 e. The maximum Gasteiger partial charge on any atom is 0.197 e. The summed E-state index contributed by atoms with van der Waals surface area (Å²) in [4.78, 5) is 12.3. The lowest BCUT2D eigenvalue weighted by Crippen LogP contribution is -2.34. The normalized spacial score (nSPS) is 11.4. The molecule has 0 saturated heterocycles. The SMILES string of the molecule is COc1c(C(=O)C(C)(C)OC)ccc(C)c1C. The number of rotatable bonds is 4. The number of hydrogen-bond donors (Lipinski definition) is 0. The first-order valence-corrected chi connectivity index (χ1v) is 5.59. The van der Waals surface area contributed by atoms with Crippen molar-refractivity contribution in [2.45, 2.75) is 33.3 Å². The van der Waals surface area contributed by atoms with E-state index in [1.54, 1.807) is 27.0 Å². The number of carbonyl (C=O) groups excluding carboxylic acids is 1. The van der Waals surface area contributed by atoms with Crippen molar-refractivity contribution in [3.63, 3.8) is 0 Å². The zero-order chi connectivity index (χ0) is 13.2. The van der Waals surface area contributed by atoms with Gasteiger partial charge in [-0.05, 0) is 44.9 Å². The van der Waals surface area contributed by atoms with Gasteiger partial charge in [0.25, 0.3) is 0 Å². The molecular weight excluding hydrogens is 216 g/mol. The quantitative estimate of drug-likeness (QED) is 0.754. The van der Waals surface area contributed by atoms with Gasteiger partial charge in [0, 0.05) is 7.11 Å². The van der Waals surface area contributed by atoms with E-state index in [2.05, 4.69) is 0 Å². The standard InChI is InChI=1S/C14H20O3/c1-9-7-8-11(12(16-5)10(9)2)13(15)14(3,4)17-6/h7-8H,1-6H3. The van der Waals surface area contributed by atoms with Crippen LogP contribution in [0.5, 0.6) is 5.75 Å². The molecule has 94 valence electrons. The number of carbonyl (C=O) groups is 1. The molecule has 0 fully saturated rings. The van der Waals surface area contributed by atoms with Gasteiger partial charge in [-0.15, -0.1) is 0 Å². The molecule has 0 radical (unpaired) electrons. The first-order valence-electron chi connectivity index (χ1n) is 5.59. The van der Waals surface area contributed by atoms with Gasteiger partial charge in [0.15, 0.2) is 5.78 Å². The third kappa shape index (κ3) is 2.50. The van der Waals surface area contributed by atoms with E-state index in [9.17, 15) is 4.79 Å². The Morgan fingerprint density at radius 1 is 1.18 bits per heavy atom. The summed E-state index contributed by atoms with van der Waals surface area (Å²) in [6, 6.07) is 3.72. The van der Waals surface area contributed by atoms with Crippen LogP contribution in [0.4, 0.5) is 0 Å². The lowest BCUT2D eigenvalue weighted by molar-refractivity contribution is 0.0226. The summed E-state index contributed by atoms with van der Waals surface area (Å²) in [5.74, 6) is 0.570. The molecule has 3 heteroatoms. The number of hydrogen-bond acceptors (Lipinski definition) is 3. The molecule has 0 unspecified atom stereocenters. The van der Waals surface area contributed by atoms with Gasteiger partial charge in [-0.25, -0.2) is 0 Å². The van der Waals surface area contributed by atoms with E-state index in [0.29, 0.717) is 11.3 Å². The first kappa shape index (κ1) is 13.7. The molecule has 0 aromatic heterocycles. The fourth-order valence-corrected chi connectivity index (χ4v) is 1.65. The van der Waals surface area contributed by atoms with Crippen molar-refractivity contribution in [3.8, 4) is 5.75 Å². The summed E-state index contributed by atoms with van der Waals surface area (Å²) >= 11 is 0. The minimum atomic E-state index is -0.838. The second-order valence-electron chi connectivity index (χ2n) is 4.63. The number of Topliss-reactive ketones (excluding diaryl/α,β-unsaturated/α-hetero) is 1. The highest BCUT2D eigenvalue weighted by atomic mass is 16.5. The molecule has 0 heterocycles. The fourth-order valence-electron chi connectivity index (χ4n) is 1.65. The lowest BCUT2D eigenvalue weighted by Gasteiger charge is -2.23. The van der Waals surface area contributed by atoms with Gasteiger partial charge in [0.2, 0.25) is 0 Å². The summed E-state index contributed by atoms with van der Waals surface area (Å²) < 4.78 is 10.6. The molecule has 0 aliphatic rings. The van der Waals surface area contributed by atoms with Crippen LogP contribution in [0.25, 0.3) is 0 Å². The first-order chi connectivity index (χ1) is 7.85. The zero-order valence-corrected chi connectivity index (χ0v) is 11.4. The van der Waals surface area contributed by atoms with Crippen molar-refractivity contribution in [2.24, 2.45) is 0 Å². The predicted molar refractivity (Wildman–Crippen MR) is 67.9 cm³/mol. The number of ketones is 1. The highest BCUT2D eigenvalue weighted by molar-refractivity contribution is 6.04.